The first-order valence-electron chi connectivity index (χ1n) is 7.51. The second-order valence-corrected chi connectivity index (χ2v) is 5.98. The van der Waals surface area contributed by atoms with E-state index in [4.69, 9.17) is 11.6 Å². The lowest BCUT2D eigenvalue weighted by Crippen LogP contribution is -2.12. The fourth-order valence-electron chi connectivity index (χ4n) is 2.59. The van der Waals surface area contributed by atoms with Crippen LogP contribution < -0.4 is 0 Å². The molecule has 1 aromatic heterocycles. The molecule has 1 heterocycles. The van der Waals surface area contributed by atoms with E-state index in [9.17, 15) is 14.9 Å². The largest absolute Gasteiger partial charge is 0.358 e. The van der Waals surface area contributed by atoms with Crippen LogP contribution in [0.4, 0.5) is 5.82 Å². The van der Waals surface area contributed by atoms with E-state index >= 15 is 0 Å². The maximum atomic E-state index is 12.4. The Kier molecular flexibility index (Phi) is 4.63. The summed E-state index contributed by atoms with van der Waals surface area (Å²) in [5, 5.41) is 12.1. The summed E-state index contributed by atoms with van der Waals surface area (Å²) in [4.78, 5) is 27.6. The van der Waals surface area contributed by atoms with Gasteiger partial charge in [0.05, 0.1) is 0 Å². The fourth-order valence-corrected chi connectivity index (χ4v) is 2.72. The molecule has 0 spiro atoms. The lowest BCUT2D eigenvalue weighted by atomic mass is 10.1. The van der Waals surface area contributed by atoms with Gasteiger partial charge in [0.15, 0.2) is 18.6 Å². The van der Waals surface area contributed by atoms with Gasteiger partial charge in [-0.05, 0) is 41.7 Å². The third-order valence-electron chi connectivity index (χ3n) is 3.86. The van der Waals surface area contributed by atoms with Gasteiger partial charge in [0.2, 0.25) is 5.78 Å². The van der Waals surface area contributed by atoms with Crippen LogP contribution in [-0.4, -0.2) is 20.3 Å². The molecule has 3 aromatic rings. The average molecular weight is 356 g/mol. The number of carbonyl (C=O) groups is 1. The number of aryl methyl sites for hydroxylation is 1. The number of halogens is 1. The zero-order valence-electron chi connectivity index (χ0n) is 13.3. The molecule has 25 heavy (non-hydrogen) atoms. The van der Waals surface area contributed by atoms with Crippen LogP contribution >= 0.6 is 11.6 Å². The van der Waals surface area contributed by atoms with E-state index in [1.807, 2.05) is 19.1 Å². The Morgan fingerprint density at radius 3 is 2.52 bits per heavy atom. The summed E-state index contributed by atoms with van der Waals surface area (Å²) in [6, 6.07) is 13.7. The quantitative estimate of drug-likeness (QED) is 0.388. The van der Waals surface area contributed by atoms with E-state index in [1.165, 1.54) is 10.9 Å². The van der Waals surface area contributed by atoms with Crippen molar-refractivity contribution in [1.82, 2.24) is 9.55 Å². The van der Waals surface area contributed by atoms with E-state index < -0.39 is 4.92 Å². The Morgan fingerprint density at radius 2 is 1.88 bits per heavy atom. The second-order valence-electron chi connectivity index (χ2n) is 5.55. The molecule has 3 rings (SSSR count). The zero-order chi connectivity index (χ0) is 18.0. The molecule has 0 atom stereocenters. The summed E-state index contributed by atoms with van der Waals surface area (Å²) >= 11 is 5.81. The molecule has 0 unspecified atom stereocenters. The number of carbonyl (C=O) groups excluding carboxylic acids is 1. The first-order chi connectivity index (χ1) is 12.0. The minimum Gasteiger partial charge on any atom is -0.358 e. The molecule has 0 bridgehead atoms. The number of ketones is 1. The molecule has 0 N–H and O–H groups in total. The van der Waals surface area contributed by atoms with Gasteiger partial charge >= 0.3 is 5.82 Å². The Bertz CT molecular complexity index is 948. The van der Waals surface area contributed by atoms with Gasteiger partial charge in [-0.2, -0.15) is 0 Å². The highest BCUT2D eigenvalue weighted by molar-refractivity contribution is 6.30. The van der Waals surface area contributed by atoms with Crippen LogP contribution in [0.15, 0.2) is 54.9 Å². The summed E-state index contributed by atoms with van der Waals surface area (Å²) < 4.78 is 1.26. The first-order valence-corrected chi connectivity index (χ1v) is 7.89. The Balaban J connectivity index is 1.98. The summed E-state index contributed by atoms with van der Waals surface area (Å²) in [6.45, 7) is 1.69. The molecule has 0 aliphatic rings. The standard InChI is InChI=1S/C18H14ClN3O3/c1-12-4-2-3-5-15(12)17-18(22(24)25)21(11-20-17)10-16(23)13-6-8-14(19)9-7-13/h2-9,11H,10H2,1H3. The molecule has 0 amide bonds. The third kappa shape index (κ3) is 3.44. The molecular formula is C18H14ClN3O3. The number of rotatable bonds is 5. The number of imidazole rings is 1. The fraction of sp³-hybridized carbons (Fsp3) is 0.111. The SMILES string of the molecule is Cc1ccccc1-c1ncn(CC(=O)c2ccc(Cl)cc2)c1[N+](=O)[O-]. The average Bonchev–Trinajstić information content (AvgIpc) is 2.99. The van der Waals surface area contributed by atoms with Crippen LogP contribution in [0.2, 0.25) is 5.02 Å². The van der Waals surface area contributed by atoms with Crippen LogP contribution in [0.3, 0.4) is 0 Å². The minimum atomic E-state index is -0.510. The lowest BCUT2D eigenvalue weighted by molar-refractivity contribution is -0.391. The van der Waals surface area contributed by atoms with E-state index in [0.29, 0.717) is 16.1 Å². The van der Waals surface area contributed by atoms with Gasteiger partial charge in [0.25, 0.3) is 0 Å². The van der Waals surface area contributed by atoms with Crippen molar-refractivity contribution in [3.05, 3.63) is 81.1 Å². The monoisotopic (exact) mass is 355 g/mol. The first kappa shape index (κ1) is 16.9. The van der Waals surface area contributed by atoms with E-state index in [-0.39, 0.29) is 23.8 Å². The summed E-state index contributed by atoms with van der Waals surface area (Å²) in [6.07, 6.45) is 1.33. The zero-order valence-corrected chi connectivity index (χ0v) is 14.1. The Hall–Kier alpha value is -2.99. The van der Waals surface area contributed by atoms with Crippen molar-refractivity contribution in [2.75, 3.05) is 0 Å². The number of Topliss-reactive ketones (excluding diaryl/α,β-unsaturated/α-hetero) is 1. The molecule has 0 aliphatic heterocycles. The lowest BCUT2D eigenvalue weighted by Gasteiger charge is -2.05. The van der Waals surface area contributed by atoms with Crippen molar-refractivity contribution >= 4 is 23.2 Å². The molecule has 0 aliphatic carbocycles. The molecule has 0 saturated carbocycles. The van der Waals surface area contributed by atoms with Crippen molar-refractivity contribution in [2.24, 2.45) is 0 Å². The van der Waals surface area contributed by atoms with Gasteiger partial charge in [-0.1, -0.05) is 35.9 Å². The maximum Gasteiger partial charge on any atom is 0.351 e. The van der Waals surface area contributed by atoms with Gasteiger partial charge in [0, 0.05) is 16.1 Å². The van der Waals surface area contributed by atoms with Crippen molar-refractivity contribution in [2.45, 2.75) is 13.5 Å². The second kappa shape index (κ2) is 6.86. The van der Waals surface area contributed by atoms with E-state index in [0.717, 1.165) is 5.56 Å². The van der Waals surface area contributed by atoms with Crippen molar-refractivity contribution in [3.8, 4) is 11.3 Å². The van der Waals surface area contributed by atoms with Crippen LogP contribution in [0.25, 0.3) is 11.3 Å². The summed E-state index contributed by atoms with van der Waals surface area (Å²) in [5.74, 6) is -0.454. The van der Waals surface area contributed by atoms with Crippen LogP contribution in [-0.2, 0) is 6.54 Å². The third-order valence-corrected chi connectivity index (χ3v) is 4.12. The topological polar surface area (TPSA) is 78.0 Å². The molecule has 0 fully saturated rings. The van der Waals surface area contributed by atoms with Gasteiger partial charge < -0.3 is 10.1 Å². The van der Waals surface area contributed by atoms with Gasteiger partial charge in [-0.15, -0.1) is 0 Å². The Morgan fingerprint density at radius 1 is 1.20 bits per heavy atom. The number of aromatic nitrogens is 2. The highest BCUT2D eigenvalue weighted by Crippen LogP contribution is 2.30. The maximum absolute atomic E-state index is 12.4. The van der Waals surface area contributed by atoms with Crippen molar-refractivity contribution < 1.29 is 9.72 Å². The molecule has 6 nitrogen and oxygen atoms in total. The van der Waals surface area contributed by atoms with Gasteiger partial charge in [-0.3, -0.25) is 4.79 Å². The molecule has 0 saturated heterocycles. The smallest absolute Gasteiger partial charge is 0.351 e. The molecule has 126 valence electrons. The molecular weight excluding hydrogens is 342 g/mol. The number of hydrogen-bond acceptors (Lipinski definition) is 4. The van der Waals surface area contributed by atoms with Crippen LogP contribution in [0, 0.1) is 17.0 Å². The predicted molar refractivity (Wildman–Crippen MR) is 94.8 cm³/mol. The summed E-state index contributed by atoms with van der Waals surface area (Å²) in [5.41, 5.74) is 2.24. The van der Waals surface area contributed by atoms with E-state index in [1.54, 1.807) is 36.4 Å². The minimum absolute atomic E-state index is 0.170. The van der Waals surface area contributed by atoms with Gasteiger partial charge in [0.1, 0.15) is 0 Å². The van der Waals surface area contributed by atoms with Crippen LogP contribution in [0.5, 0.6) is 0 Å². The molecule has 0 radical (unpaired) electrons. The number of benzene rings is 2. The number of hydrogen-bond donors (Lipinski definition) is 0. The predicted octanol–water partition coefficient (Wildman–Crippen LogP) is 4.30. The normalized spacial score (nSPS) is 10.6. The highest BCUT2D eigenvalue weighted by Gasteiger charge is 2.25. The summed E-state index contributed by atoms with van der Waals surface area (Å²) in [7, 11) is 0. The molecule has 7 heteroatoms. The van der Waals surface area contributed by atoms with Crippen LogP contribution in [0.1, 0.15) is 15.9 Å². The van der Waals surface area contributed by atoms with E-state index in [2.05, 4.69) is 4.98 Å². The highest BCUT2D eigenvalue weighted by atomic mass is 35.5. The number of nitro groups is 1. The van der Waals surface area contributed by atoms with Crippen molar-refractivity contribution in [1.29, 1.82) is 0 Å². The Labute approximate surface area is 148 Å². The number of nitrogens with zero attached hydrogens (tertiary/aromatic N) is 3. The van der Waals surface area contributed by atoms with Crippen molar-refractivity contribution in [3.63, 3.8) is 0 Å². The van der Waals surface area contributed by atoms with Gasteiger partial charge in [-0.25, -0.2) is 9.55 Å². The molecule has 2 aromatic carbocycles.